The standard InChI is InChI=1S/C30H23N3O3/c34-28(18-20-4-2-1-3-5-20)32-25-11-6-21(7-12-25)29(35)22-8-13-26(14-9-22)33-30(36)24-10-15-27-23(19-24)16-17-31-27/h1-17,19,31H,18H2,(H,32,34)(H,33,36). The maximum atomic E-state index is 12.9. The molecule has 0 aliphatic carbocycles. The SMILES string of the molecule is O=C(Cc1ccccc1)Nc1ccc(C(=O)c2ccc(NC(=O)c3ccc4[nH]ccc4c3)cc2)cc1. The van der Waals surface area contributed by atoms with Gasteiger partial charge in [0, 0.05) is 45.2 Å². The van der Waals surface area contributed by atoms with E-state index < -0.39 is 0 Å². The number of hydrogen-bond donors (Lipinski definition) is 3. The number of aromatic nitrogens is 1. The summed E-state index contributed by atoms with van der Waals surface area (Å²) in [5.41, 5.74) is 4.69. The minimum Gasteiger partial charge on any atom is -0.361 e. The van der Waals surface area contributed by atoms with Crippen LogP contribution in [0.5, 0.6) is 0 Å². The van der Waals surface area contributed by atoms with Crippen molar-refractivity contribution in [1.82, 2.24) is 4.98 Å². The van der Waals surface area contributed by atoms with E-state index in [1.54, 1.807) is 54.6 Å². The second-order valence-corrected chi connectivity index (χ2v) is 8.43. The van der Waals surface area contributed by atoms with Crippen molar-refractivity contribution in [3.8, 4) is 0 Å². The van der Waals surface area contributed by atoms with E-state index in [2.05, 4.69) is 15.6 Å². The number of ketones is 1. The Hall–Kier alpha value is -4.97. The molecule has 0 radical (unpaired) electrons. The highest BCUT2D eigenvalue weighted by molar-refractivity contribution is 6.10. The number of amides is 2. The van der Waals surface area contributed by atoms with Gasteiger partial charge in [-0.1, -0.05) is 30.3 Å². The lowest BCUT2D eigenvalue weighted by Gasteiger charge is -2.08. The monoisotopic (exact) mass is 473 g/mol. The summed E-state index contributed by atoms with van der Waals surface area (Å²) in [4.78, 5) is 40.9. The molecular weight excluding hydrogens is 450 g/mol. The number of carbonyl (C=O) groups excluding carboxylic acids is 3. The van der Waals surface area contributed by atoms with E-state index >= 15 is 0 Å². The summed E-state index contributed by atoms with van der Waals surface area (Å²) >= 11 is 0. The fourth-order valence-corrected chi connectivity index (χ4v) is 3.96. The van der Waals surface area contributed by atoms with E-state index in [0.717, 1.165) is 16.5 Å². The van der Waals surface area contributed by atoms with E-state index in [1.807, 2.05) is 54.7 Å². The number of carbonyl (C=O) groups is 3. The van der Waals surface area contributed by atoms with Gasteiger partial charge in [-0.05, 0) is 78.4 Å². The molecule has 0 aliphatic rings. The van der Waals surface area contributed by atoms with Gasteiger partial charge in [-0.3, -0.25) is 14.4 Å². The van der Waals surface area contributed by atoms with Crippen LogP contribution in [0, 0.1) is 0 Å². The summed E-state index contributed by atoms with van der Waals surface area (Å²) in [5, 5.41) is 6.68. The van der Waals surface area contributed by atoms with Crippen LogP contribution < -0.4 is 10.6 Å². The molecular formula is C30H23N3O3. The number of nitrogens with one attached hydrogen (secondary N) is 3. The minimum absolute atomic E-state index is 0.120. The summed E-state index contributed by atoms with van der Waals surface area (Å²) in [6.07, 6.45) is 2.11. The van der Waals surface area contributed by atoms with Crippen molar-refractivity contribution in [3.05, 3.63) is 132 Å². The summed E-state index contributed by atoms with van der Waals surface area (Å²) in [6.45, 7) is 0. The fourth-order valence-electron chi connectivity index (χ4n) is 3.96. The van der Waals surface area contributed by atoms with Gasteiger partial charge in [-0.15, -0.1) is 0 Å². The van der Waals surface area contributed by atoms with Gasteiger partial charge in [0.15, 0.2) is 5.78 Å². The van der Waals surface area contributed by atoms with E-state index in [1.165, 1.54) is 0 Å². The molecule has 0 saturated heterocycles. The lowest BCUT2D eigenvalue weighted by Crippen LogP contribution is -2.14. The van der Waals surface area contributed by atoms with Crippen LogP contribution in [0.15, 0.2) is 109 Å². The van der Waals surface area contributed by atoms with E-state index in [4.69, 9.17) is 0 Å². The zero-order valence-corrected chi connectivity index (χ0v) is 19.3. The molecule has 0 atom stereocenters. The third-order valence-electron chi connectivity index (χ3n) is 5.86. The zero-order chi connectivity index (χ0) is 24.9. The first-order valence-electron chi connectivity index (χ1n) is 11.5. The Balaban J connectivity index is 1.19. The highest BCUT2D eigenvalue weighted by atomic mass is 16.2. The number of anilines is 2. The summed E-state index contributed by atoms with van der Waals surface area (Å²) in [7, 11) is 0. The van der Waals surface area contributed by atoms with Gasteiger partial charge in [0.2, 0.25) is 5.91 Å². The maximum Gasteiger partial charge on any atom is 0.255 e. The van der Waals surface area contributed by atoms with Crippen molar-refractivity contribution in [2.45, 2.75) is 6.42 Å². The van der Waals surface area contributed by atoms with Crippen LogP contribution in [0.4, 0.5) is 11.4 Å². The van der Waals surface area contributed by atoms with Crippen molar-refractivity contribution in [1.29, 1.82) is 0 Å². The predicted molar refractivity (Wildman–Crippen MR) is 141 cm³/mol. The normalized spacial score (nSPS) is 10.7. The largest absolute Gasteiger partial charge is 0.361 e. The lowest BCUT2D eigenvalue weighted by atomic mass is 10.0. The minimum atomic E-state index is -0.220. The molecule has 5 rings (SSSR count). The second-order valence-electron chi connectivity index (χ2n) is 8.43. The molecule has 0 bridgehead atoms. The van der Waals surface area contributed by atoms with Gasteiger partial charge in [0.05, 0.1) is 6.42 Å². The van der Waals surface area contributed by atoms with Gasteiger partial charge in [0.1, 0.15) is 0 Å². The number of rotatable bonds is 7. The summed E-state index contributed by atoms with van der Waals surface area (Å²) < 4.78 is 0. The summed E-state index contributed by atoms with van der Waals surface area (Å²) in [5.74, 6) is -0.485. The molecule has 5 aromatic rings. The molecule has 6 heteroatoms. The van der Waals surface area contributed by atoms with Gasteiger partial charge in [-0.2, -0.15) is 0 Å². The Kier molecular flexibility index (Phi) is 6.40. The molecule has 1 aromatic heterocycles. The van der Waals surface area contributed by atoms with Gasteiger partial charge in [-0.25, -0.2) is 0 Å². The Morgan fingerprint density at radius 3 is 1.92 bits per heavy atom. The topological polar surface area (TPSA) is 91.1 Å². The van der Waals surface area contributed by atoms with Gasteiger partial charge < -0.3 is 15.6 Å². The van der Waals surface area contributed by atoms with Crippen LogP contribution in [0.25, 0.3) is 10.9 Å². The molecule has 0 saturated carbocycles. The van der Waals surface area contributed by atoms with E-state index in [-0.39, 0.29) is 24.0 Å². The second kappa shape index (κ2) is 10.1. The number of benzene rings is 4. The first-order chi connectivity index (χ1) is 17.5. The number of hydrogen-bond acceptors (Lipinski definition) is 3. The van der Waals surface area contributed by atoms with Crippen LogP contribution in [-0.2, 0) is 11.2 Å². The third kappa shape index (κ3) is 5.23. The maximum absolute atomic E-state index is 12.9. The molecule has 1 heterocycles. The quantitative estimate of drug-likeness (QED) is 0.260. The molecule has 6 nitrogen and oxygen atoms in total. The summed E-state index contributed by atoms with van der Waals surface area (Å²) in [6, 6.07) is 30.5. The van der Waals surface area contributed by atoms with Gasteiger partial charge in [0.25, 0.3) is 5.91 Å². The Labute approximate surface area is 208 Å². The highest BCUT2D eigenvalue weighted by Crippen LogP contribution is 2.19. The van der Waals surface area contributed by atoms with Crippen molar-refractivity contribution in [2.75, 3.05) is 10.6 Å². The number of fused-ring (bicyclic) bond motifs is 1. The van der Waals surface area contributed by atoms with Crippen LogP contribution in [-0.4, -0.2) is 22.6 Å². The number of aromatic amines is 1. The average Bonchev–Trinajstić information content (AvgIpc) is 3.38. The molecule has 36 heavy (non-hydrogen) atoms. The van der Waals surface area contributed by atoms with Crippen molar-refractivity contribution < 1.29 is 14.4 Å². The predicted octanol–water partition coefficient (Wildman–Crippen LogP) is 5.83. The Morgan fingerprint density at radius 1 is 0.639 bits per heavy atom. The van der Waals surface area contributed by atoms with Crippen LogP contribution in [0.3, 0.4) is 0 Å². The van der Waals surface area contributed by atoms with Crippen LogP contribution in [0.1, 0.15) is 31.8 Å². The smallest absolute Gasteiger partial charge is 0.255 e. The molecule has 0 fully saturated rings. The first kappa shape index (κ1) is 22.8. The Bertz CT molecular complexity index is 1540. The molecule has 4 aromatic carbocycles. The average molecular weight is 474 g/mol. The number of H-pyrrole nitrogens is 1. The molecule has 0 aliphatic heterocycles. The van der Waals surface area contributed by atoms with Crippen molar-refractivity contribution in [3.63, 3.8) is 0 Å². The van der Waals surface area contributed by atoms with Crippen LogP contribution >= 0.6 is 0 Å². The highest BCUT2D eigenvalue weighted by Gasteiger charge is 2.12. The lowest BCUT2D eigenvalue weighted by molar-refractivity contribution is -0.115. The zero-order valence-electron chi connectivity index (χ0n) is 19.3. The van der Waals surface area contributed by atoms with Gasteiger partial charge >= 0.3 is 0 Å². The van der Waals surface area contributed by atoms with E-state index in [9.17, 15) is 14.4 Å². The van der Waals surface area contributed by atoms with Crippen LogP contribution in [0.2, 0.25) is 0 Å². The molecule has 3 N–H and O–H groups in total. The van der Waals surface area contributed by atoms with E-state index in [0.29, 0.717) is 28.1 Å². The van der Waals surface area contributed by atoms with Crippen molar-refractivity contribution >= 4 is 39.9 Å². The molecule has 0 unspecified atom stereocenters. The fraction of sp³-hybridized carbons (Fsp3) is 0.0333. The molecule has 0 spiro atoms. The third-order valence-corrected chi connectivity index (χ3v) is 5.86. The first-order valence-corrected chi connectivity index (χ1v) is 11.5. The Morgan fingerprint density at radius 2 is 1.25 bits per heavy atom. The molecule has 176 valence electrons. The molecule has 2 amide bonds. The van der Waals surface area contributed by atoms with Crippen molar-refractivity contribution in [2.24, 2.45) is 0 Å².